The number of hydrogen-bond acceptors (Lipinski definition) is 4. The number of carboxylic acid groups (broad SMARTS) is 1. The van der Waals surface area contributed by atoms with Gasteiger partial charge in [-0.1, -0.05) is 45.7 Å². The van der Waals surface area contributed by atoms with Gasteiger partial charge in [0.05, 0.1) is 0 Å². The fraction of sp³-hybridized carbons (Fsp3) is 0.636. The SMILES string of the molecule is CCC(C)[C@H](NC(=O)Oc1cccc(C2(CC)CCCCN(C)C2)c1)C(=O)O. The summed E-state index contributed by atoms with van der Waals surface area (Å²) in [6.07, 6.45) is 4.43. The fourth-order valence-corrected chi connectivity index (χ4v) is 4.08. The van der Waals surface area contributed by atoms with Crippen molar-refractivity contribution in [3.05, 3.63) is 29.8 Å². The summed E-state index contributed by atoms with van der Waals surface area (Å²) >= 11 is 0. The van der Waals surface area contributed by atoms with Crippen molar-refractivity contribution in [3.8, 4) is 5.75 Å². The van der Waals surface area contributed by atoms with Crippen molar-refractivity contribution in [1.82, 2.24) is 10.2 Å². The molecule has 3 atom stereocenters. The first-order chi connectivity index (χ1) is 13.3. The minimum Gasteiger partial charge on any atom is -0.480 e. The van der Waals surface area contributed by atoms with E-state index < -0.39 is 18.1 Å². The Hall–Kier alpha value is -2.08. The van der Waals surface area contributed by atoms with Gasteiger partial charge in [-0.3, -0.25) is 0 Å². The summed E-state index contributed by atoms with van der Waals surface area (Å²) in [5.74, 6) is -0.782. The van der Waals surface area contributed by atoms with E-state index in [4.69, 9.17) is 4.74 Å². The normalized spacial score (nSPS) is 22.7. The second-order valence-electron chi connectivity index (χ2n) is 8.09. The number of rotatable bonds is 7. The number of hydrogen-bond donors (Lipinski definition) is 2. The lowest BCUT2D eigenvalue weighted by molar-refractivity contribution is -0.140. The topological polar surface area (TPSA) is 78.9 Å². The van der Waals surface area contributed by atoms with Crippen molar-refractivity contribution in [2.75, 3.05) is 20.1 Å². The van der Waals surface area contributed by atoms with Gasteiger partial charge < -0.3 is 20.1 Å². The quantitative estimate of drug-likeness (QED) is 0.735. The molecule has 0 bridgehead atoms. The first kappa shape index (κ1) is 22.2. The number of aliphatic carboxylic acids is 1. The molecule has 2 rings (SSSR count). The van der Waals surface area contributed by atoms with Crippen LogP contribution in [-0.2, 0) is 10.2 Å². The van der Waals surface area contributed by atoms with Gasteiger partial charge in [-0.2, -0.15) is 0 Å². The average molecular weight is 391 g/mol. The Balaban J connectivity index is 2.15. The Kier molecular flexibility index (Phi) is 7.87. The molecule has 6 nitrogen and oxygen atoms in total. The Bertz CT molecular complexity index is 678. The third kappa shape index (κ3) is 5.47. The molecule has 1 saturated heterocycles. The Morgan fingerprint density at radius 1 is 1.32 bits per heavy atom. The van der Waals surface area contributed by atoms with Crippen LogP contribution in [0.4, 0.5) is 4.79 Å². The van der Waals surface area contributed by atoms with Crippen LogP contribution in [0.2, 0.25) is 0 Å². The predicted molar refractivity (Wildman–Crippen MR) is 110 cm³/mol. The molecule has 1 fully saturated rings. The van der Waals surface area contributed by atoms with E-state index in [2.05, 4.69) is 30.3 Å². The van der Waals surface area contributed by atoms with E-state index in [1.807, 2.05) is 19.1 Å². The molecule has 1 aliphatic heterocycles. The molecular weight excluding hydrogens is 356 g/mol. The van der Waals surface area contributed by atoms with Crippen LogP contribution >= 0.6 is 0 Å². The first-order valence-corrected chi connectivity index (χ1v) is 10.3. The van der Waals surface area contributed by atoms with Crippen LogP contribution in [0.3, 0.4) is 0 Å². The molecule has 156 valence electrons. The largest absolute Gasteiger partial charge is 0.480 e. The lowest BCUT2D eigenvalue weighted by Gasteiger charge is -2.35. The molecule has 6 heteroatoms. The summed E-state index contributed by atoms with van der Waals surface area (Å²) in [6.45, 7) is 7.99. The molecule has 0 radical (unpaired) electrons. The third-order valence-electron chi connectivity index (χ3n) is 6.10. The molecule has 1 amide bonds. The van der Waals surface area contributed by atoms with Crippen LogP contribution < -0.4 is 10.1 Å². The molecule has 2 unspecified atom stereocenters. The van der Waals surface area contributed by atoms with Crippen molar-refractivity contribution in [2.45, 2.75) is 64.3 Å². The van der Waals surface area contributed by atoms with Gasteiger partial charge in [0.1, 0.15) is 11.8 Å². The van der Waals surface area contributed by atoms with Gasteiger partial charge in [0.15, 0.2) is 0 Å². The molecule has 0 spiro atoms. The Morgan fingerprint density at radius 2 is 2.07 bits per heavy atom. The fourth-order valence-electron chi connectivity index (χ4n) is 4.08. The van der Waals surface area contributed by atoms with Crippen LogP contribution in [0, 0.1) is 5.92 Å². The van der Waals surface area contributed by atoms with E-state index in [1.165, 1.54) is 18.4 Å². The number of nitrogens with zero attached hydrogens (tertiary/aromatic N) is 1. The van der Waals surface area contributed by atoms with Gasteiger partial charge in [-0.05, 0) is 56.5 Å². The summed E-state index contributed by atoms with van der Waals surface area (Å²) in [6, 6.07) is 6.72. The molecule has 0 aromatic heterocycles. The number of likely N-dealkylation sites (tertiary alicyclic amines) is 1. The second kappa shape index (κ2) is 9.92. The first-order valence-electron chi connectivity index (χ1n) is 10.3. The van der Waals surface area contributed by atoms with Crippen LogP contribution in [0.5, 0.6) is 5.75 Å². The van der Waals surface area contributed by atoms with E-state index in [9.17, 15) is 14.7 Å². The number of likely N-dealkylation sites (N-methyl/N-ethyl adjacent to an activating group) is 1. The lowest BCUT2D eigenvalue weighted by Crippen LogP contribution is -2.46. The van der Waals surface area contributed by atoms with Gasteiger partial charge in [0.2, 0.25) is 0 Å². The number of carboxylic acids is 1. The zero-order chi connectivity index (χ0) is 20.7. The highest BCUT2D eigenvalue weighted by Crippen LogP contribution is 2.37. The zero-order valence-electron chi connectivity index (χ0n) is 17.5. The van der Waals surface area contributed by atoms with Crippen LogP contribution in [-0.4, -0.2) is 48.2 Å². The molecule has 1 heterocycles. The number of ether oxygens (including phenoxy) is 1. The van der Waals surface area contributed by atoms with Crippen molar-refractivity contribution < 1.29 is 19.4 Å². The highest BCUT2D eigenvalue weighted by molar-refractivity contribution is 5.81. The van der Waals surface area contributed by atoms with Crippen LogP contribution in [0.25, 0.3) is 0 Å². The van der Waals surface area contributed by atoms with Gasteiger partial charge in [0.25, 0.3) is 0 Å². The Labute approximate surface area is 168 Å². The summed E-state index contributed by atoms with van der Waals surface area (Å²) in [5, 5.41) is 11.8. The number of carbonyl (C=O) groups excluding carboxylic acids is 1. The molecule has 0 aliphatic carbocycles. The highest BCUT2D eigenvalue weighted by atomic mass is 16.6. The number of nitrogens with one attached hydrogen (secondary N) is 1. The standard InChI is InChI=1S/C22H34N2O4/c1-5-16(3)19(20(25)26)23-21(27)28-18-11-9-10-17(14-18)22(6-2)12-7-8-13-24(4)15-22/h9-11,14,16,19H,5-8,12-13,15H2,1-4H3,(H,23,27)(H,25,26)/t16?,19-,22?/m0/s1. The maximum Gasteiger partial charge on any atom is 0.413 e. The maximum atomic E-state index is 12.3. The van der Waals surface area contributed by atoms with Crippen molar-refractivity contribution in [3.63, 3.8) is 0 Å². The molecule has 0 saturated carbocycles. The van der Waals surface area contributed by atoms with Gasteiger partial charge in [0, 0.05) is 12.0 Å². The van der Waals surface area contributed by atoms with Gasteiger partial charge in [-0.25, -0.2) is 9.59 Å². The molecule has 1 aromatic carbocycles. The monoisotopic (exact) mass is 390 g/mol. The summed E-state index contributed by atoms with van der Waals surface area (Å²) in [4.78, 5) is 26.1. The predicted octanol–water partition coefficient (Wildman–Crippen LogP) is 4.04. The van der Waals surface area contributed by atoms with E-state index in [-0.39, 0.29) is 11.3 Å². The van der Waals surface area contributed by atoms with Crippen molar-refractivity contribution in [1.29, 1.82) is 0 Å². The summed E-state index contributed by atoms with van der Waals surface area (Å²) in [7, 11) is 2.16. The van der Waals surface area contributed by atoms with Crippen LogP contribution in [0.15, 0.2) is 24.3 Å². The maximum absolute atomic E-state index is 12.3. The zero-order valence-corrected chi connectivity index (χ0v) is 17.5. The van der Waals surface area contributed by atoms with E-state index in [0.717, 1.165) is 25.9 Å². The minimum absolute atomic E-state index is 0.0431. The Morgan fingerprint density at radius 3 is 2.71 bits per heavy atom. The van der Waals surface area contributed by atoms with Gasteiger partial charge >= 0.3 is 12.1 Å². The number of amides is 1. The molecule has 1 aliphatic rings. The average Bonchev–Trinajstić information content (AvgIpc) is 2.87. The minimum atomic E-state index is -1.05. The summed E-state index contributed by atoms with van der Waals surface area (Å²) < 4.78 is 5.44. The molecule has 2 N–H and O–H groups in total. The third-order valence-corrected chi connectivity index (χ3v) is 6.10. The second-order valence-corrected chi connectivity index (χ2v) is 8.09. The van der Waals surface area contributed by atoms with Crippen LogP contribution in [0.1, 0.15) is 58.4 Å². The molecule has 28 heavy (non-hydrogen) atoms. The number of benzene rings is 1. The van der Waals surface area contributed by atoms with Gasteiger partial charge in [-0.15, -0.1) is 0 Å². The van der Waals surface area contributed by atoms with Crippen molar-refractivity contribution >= 4 is 12.1 Å². The van der Waals surface area contributed by atoms with E-state index in [1.54, 1.807) is 13.0 Å². The smallest absolute Gasteiger partial charge is 0.413 e. The lowest BCUT2D eigenvalue weighted by atomic mass is 9.74. The number of carbonyl (C=O) groups is 2. The van der Waals surface area contributed by atoms with E-state index in [0.29, 0.717) is 12.2 Å². The highest BCUT2D eigenvalue weighted by Gasteiger charge is 2.33. The van der Waals surface area contributed by atoms with Crippen molar-refractivity contribution in [2.24, 2.45) is 5.92 Å². The summed E-state index contributed by atoms with van der Waals surface area (Å²) in [5.41, 5.74) is 1.22. The van der Waals surface area contributed by atoms with E-state index >= 15 is 0 Å². The molecular formula is C22H34N2O4. The molecule has 1 aromatic rings.